The van der Waals surface area contributed by atoms with Crippen LogP contribution in [0.4, 0.5) is 0 Å². The first-order chi connectivity index (χ1) is 8.18. The van der Waals surface area contributed by atoms with E-state index in [-0.39, 0.29) is 10.9 Å². The number of imidazole rings is 1. The molecule has 0 fully saturated rings. The number of nitrogens with one attached hydrogen (secondary N) is 1. The Morgan fingerprint density at radius 3 is 2.59 bits per heavy atom. The van der Waals surface area contributed by atoms with E-state index < -0.39 is 9.84 Å². The highest BCUT2D eigenvalue weighted by atomic mass is 32.2. The summed E-state index contributed by atoms with van der Waals surface area (Å²) in [4.78, 5) is 6.40. The number of aromatic amines is 1. The molecule has 0 bridgehead atoms. The maximum absolute atomic E-state index is 11.8. The fourth-order valence-corrected chi connectivity index (χ4v) is 2.82. The third-order valence-electron chi connectivity index (χ3n) is 2.49. The summed E-state index contributed by atoms with van der Waals surface area (Å²) in [6.45, 7) is 0. The number of sulfone groups is 1. The molecule has 1 aromatic carbocycles. The van der Waals surface area contributed by atoms with E-state index in [0.29, 0.717) is 6.42 Å². The van der Waals surface area contributed by atoms with Crippen LogP contribution in [0.3, 0.4) is 0 Å². The van der Waals surface area contributed by atoms with Crippen molar-refractivity contribution in [2.75, 3.05) is 5.75 Å². The molecule has 0 unspecified atom stereocenters. The maximum Gasteiger partial charge on any atom is 0.224 e. The zero-order chi connectivity index (χ0) is 12.1. The van der Waals surface area contributed by atoms with Gasteiger partial charge in [0, 0.05) is 12.4 Å². The molecule has 0 atom stereocenters. The molecular formula is C12H14N2O2S. The normalized spacial score (nSPS) is 11.5. The van der Waals surface area contributed by atoms with Crippen molar-refractivity contribution < 1.29 is 8.42 Å². The van der Waals surface area contributed by atoms with Crippen molar-refractivity contribution in [1.29, 1.82) is 0 Å². The van der Waals surface area contributed by atoms with Gasteiger partial charge in [-0.1, -0.05) is 30.3 Å². The van der Waals surface area contributed by atoms with Gasteiger partial charge in [0.1, 0.15) is 0 Å². The molecule has 0 saturated carbocycles. The van der Waals surface area contributed by atoms with Crippen LogP contribution in [0.15, 0.2) is 47.9 Å². The van der Waals surface area contributed by atoms with Gasteiger partial charge < -0.3 is 4.98 Å². The molecule has 4 nitrogen and oxygen atoms in total. The summed E-state index contributed by atoms with van der Waals surface area (Å²) in [5.74, 6) is 0.120. The van der Waals surface area contributed by atoms with E-state index in [1.807, 2.05) is 30.3 Å². The van der Waals surface area contributed by atoms with Crippen molar-refractivity contribution in [1.82, 2.24) is 9.97 Å². The Bertz CT molecular complexity index is 547. The summed E-state index contributed by atoms with van der Waals surface area (Å²) < 4.78 is 23.6. The smallest absolute Gasteiger partial charge is 0.224 e. The highest BCUT2D eigenvalue weighted by Crippen LogP contribution is 2.08. The van der Waals surface area contributed by atoms with Crippen LogP contribution in [0.1, 0.15) is 12.0 Å². The van der Waals surface area contributed by atoms with Crippen LogP contribution in [-0.4, -0.2) is 24.1 Å². The van der Waals surface area contributed by atoms with E-state index in [1.165, 1.54) is 12.4 Å². The first-order valence-corrected chi connectivity index (χ1v) is 7.10. The van der Waals surface area contributed by atoms with Gasteiger partial charge in [-0.2, -0.15) is 0 Å². The van der Waals surface area contributed by atoms with E-state index in [2.05, 4.69) is 9.97 Å². The van der Waals surface area contributed by atoms with Crippen molar-refractivity contribution in [2.45, 2.75) is 18.0 Å². The van der Waals surface area contributed by atoms with Crippen molar-refractivity contribution in [3.8, 4) is 0 Å². The summed E-state index contributed by atoms with van der Waals surface area (Å²) >= 11 is 0. The molecule has 5 heteroatoms. The summed E-state index contributed by atoms with van der Waals surface area (Å²) in [5.41, 5.74) is 1.15. The largest absolute Gasteiger partial charge is 0.336 e. The predicted octanol–water partition coefficient (Wildman–Crippen LogP) is 1.82. The van der Waals surface area contributed by atoms with E-state index >= 15 is 0 Å². The molecule has 1 heterocycles. The van der Waals surface area contributed by atoms with Crippen molar-refractivity contribution >= 4 is 9.84 Å². The Labute approximate surface area is 101 Å². The molecule has 0 radical (unpaired) electrons. The molecule has 0 aliphatic heterocycles. The van der Waals surface area contributed by atoms with Gasteiger partial charge in [0.15, 0.2) is 0 Å². The van der Waals surface area contributed by atoms with Crippen LogP contribution in [0.25, 0.3) is 0 Å². The molecule has 0 saturated heterocycles. The fourth-order valence-electron chi connectivity index (χ4n) is 1.63. The molecule has 1 aromatic heterocycles. The van der Waals surface area contributed by atoms with Gasteiger partial charge in [-0.25, -0.2) is 13.4 Å². The first kappa shape index (κ1) is 11.9. The number of rotatable bonds is 5. The van der Waals surface area contributed by atoms with Crippen molar-refractivity contribution in [3.05, 3.63) is 48.3 Å². The number of H-pyrrole nitrogens is 1. The third-order valence-corrected chi connectivity index (χ3v) is 4.13. The molecule has 0 amide bonds. The molecular weight excluding hydrogens is 236 g/mol. The molecule has 0 aliphatic carbocycles. The van der Waals surface area contributed by atoms with Crippen LogP contribution >= 0.6 is 0 Å². The SMILES string of the molecule is O=S(=O)(CCCc1ccccc1)c1ncc[nH]1. The highest BCUT2D eigenvalue weighted by Gasteiger charge is 2.16. The Morgan fingerprint density at radius 1 is 1.18 bits per heavy atom. The second-order valence-electron chi connectivity index (χ2n) is 3.80. The van der Waals surface area contributed by atoms with E-state index in [0.717, 1.165) is 12.0 Å². The molecule has 90 valence electrons. The summed E-state index contributed by atoms with van der Waals surface area (Å²) in [6, 6.07) is 9.86. The van der Waals surface area contributed by atoms with E-state index in [4.69, 9.17) is 0 Å². The van der Waals surface area contributed by atoms with E-state index in [1.54, 1.807) is 0 Å². The Morgan fingerprint density at radius 2 is 1.94 bits per heavy atom. The molecule has 2 aromatic rings. The van der Waals surface area contributed by atoms with Crippen LogP contribution in [0.5, 0.6) is 0 Å². The molecule has 2 rings (SSSR count). The average molecular weight is 250 g/mol. The lowest BCUT2D eigenvalue weighted by atomic mass is 10.1. The minimum atomic E-state index is -3.25. The quantitative estimate of drug-likeness (QED) is 0.880. The van der Waals surface area contributed by atoms with Gasteiger partial charge in [0.05, 0.1) is 5.75 Å². The number of benzene rings is 1. The lowest BCUT2D eigenvalue weighted by Crippen LogP contribution is -2.09. The van der Waals surface area contributed by atoms with Gasteiger partial charge in [0.2, 0.25) is 15.0 Å². The molecule has 17 heavy (non-hydrogen) atoms. The predicted molar refractivity (Wildman–Crippen MR) is 65.4 cm³/mol. The Kier molecular flexibility index (Phi) is 3.58. The molecule has 0 spiro atoms. The van der Waals surface area contributed by atoms with Crippen molar-refractivity contribution in [2.24, 2.45) is 0 Å². The van der Waals surface area contributed by atoms with Gasteiger partial charge in [-0.05, 0) is 18.4 Å². The van der Waals surface area contributed by atoms with Gasteiger partial charge >= 0.3 is 0 Å². The van der Waals surface area contributed by atoms with Crippen LogP contribution < -0.4 is 0 Å². The minimum absolute atomic E-state index is 0.0607. The standard InChI is InChI=1S/C12H14N2O2S/c15-17(16,12-13-8-9-14-12)10-4-7-11-5-2-1-3-6-11/h1-3,5-6,8-9H,4,7,10H2,(H,13,14). The van der Waals surface area contributed by atoms with Gasteiger partial charge in [0.25, 0.3) is 0 Å². The second-order valence-corrected chi connectivity index (χ2v) is 5.83. The maximum atomic E-state index is 11.8. The van der Waals surface area contributed by atoms with Crippen molar-refractivity contribution in [3.63, 3.8) is 0 Å². The molecule has 1 N–H and O–H groups in total. The lowest BCUT2D eigenvalue weighted by molar-refractivity contribution is 0.586. The topological polar surface area (TPSA) is 62.8 Å². The summed E-state index contributed by atoms with van der Waals surface area (Å²) in [7, 11) is -3.25. The van der Waals surface area contributed by atoms with Crippen LogP contribution in [0.2, 0.25) is 0 Å². The van der Waals surface area contributed by atoms with E-state index in [9.17, 15) is 8.42 Å². The lowest BCUT2D eigenvalue weighted by Gasteiger charge is -2.01. The number of aromatic nitrogens is 2. The number of hydrogen-bond acceptors (Lipinski definition) is 3. The Hall–Kier alpha value is -1.62. The average Bonchev–Trinajstić information content (AvgIpc) is 2.84. The Balaban J connectivity index is 1.91. The second kappa shape index (κ2) is 5.14. The zero-order valence-electron chi connectivity index (χ0n) is 9.33. The van der Waals surface area contributed by atoms with Crippen LogP contribution in [0, 0.1) is 0 Å². The number of hydrogen-bond donors (Lipinski definition) is 1. The fraction of sp³-hybridized carbons (Fsp3) is 0.250. The third kappa shape index (κ3) is 3.17. The summed E-state index contributed by atoms with van der Waals surface area (Å²) in [5, 5.41) is 0.0607. The first-order valence-electron chi connectivity index (χ1n) is 5.44. The minimum Gasteiger partial charge on any atom is -0.336 e. The number of aryl methyl sites for hydroxylation is 1. The number of nitrogens with zero attached hydrogens (tertiary/aromatic N) is 1. The van der Waals surface area contributed by atoms with Gasteiger partial charge in [-0.15, -0.1) is 0 Å². The van der Waals surface area contributed by atoms with Crippen LogP contribution in [-0.2, 0) is 16.3 Å². The highest BCUT2D eigenvalue weighted by molar-refractivity contribution is 7.91. The zero-order valence-corrected chi connectivity index (χ0v) is 10.2. The van der Waals surface area contributed by atoms with Gasteiger partial charge in [-0.3, -0.25) is 0 Å². The molecule has 0 aliphatic rings. The summed E-state index contributed by atoms with van der Waals surface area (Å²) in [6.07, 6.45) is 4.34. The monoisotopic (exact) mass is 250 g/mol.